The number of imidazole rings is 1. The molecule has 2 rings (SSSR count). The van der Waals surface area contributed by atoms with Gasteiger partial charge in [0.25, 0.3) is 0 Å². The largest absolute Gasteiger partial charge is 0.355 e. The monoisotopic (exact) mass is 193 g/mol. The van der Waals surface area contributed by atoms with Crippen LogP contribution in [0.2, 0.25) is 0 Å². The van der Waals surface area contributed by atoms with E-state index in [1.54, 1.807) is 17.5 Å². The summed E-state index contributed by atoms with van der Waals surface area (Å²) in [4.78, 5) is 7.07. The fourth-order valence-corrected chi connectivity index (χ4v) is 1.83. The average Bonchev–Trinajstić information content (AvgIpc) is 2.75. The lowest BCUT2D eigenvalue weighted by molar-refractivity contribution is 1.00. The summed E-state index contributed by atoms with van der Waals surface area (Å²) in [6.07, 6.45) is 4.60. The van der Waals surface area contributed by atoms with E-state index in [2.05, 4.69) is 32.1 Å². The van der Waals surface area contributed by atoms with Gasteiger partial charge in [0.1, 0.15) is 0 Å². The van der Waals surface area contributed by atoms with Gasteiger partial charge in [-0.1, -0.05) is 0 Å². The molecule has 0 radical (unpaired) electrons. The van der Waals surface area contributed by atoms with Crippen molar-refractivity contribution in [3.8, 4) is 0 Å². The van der Waals surface area contributed by atoms with Crippen molar-refractivity contribution in [1.82, 2.24) is 9.97 Å². The lowest BCUT2D eigenvalue weighted by atomic mass is 10.2. The molecule has 2 aromatic heterocycles. The third kappa shape index (κ3) is 2.32. The Morgan fingerprint density at radius 1 is 1.54 bits per heavy atom. The van der Waals surface area contributed by atoms with Gasteiger partial charge in [0.05, 0.1) is 0 Å². The van der Waals surface area contributed by atoms with Crippen molar-refractivity contribution >= 4 is 17.3 Å². The van der Waals surface area contributed by atoms with Crippen molar-refractivity contribution in [3.05, 3.63) is 34.8 Å². The SMILES string of the molecule is c1c[nH]c(NCCc2ccsc2)n1. The van der Waals surface area contributed by atoms with Crippen LogP contribution >= 0.6 is 11.3 Å². The van der Waals surface area contributed by atoms with E-state index < -0.39 is 0 Å². The molecular weight excluding hydrogens is 182 g/mol. The zero-order chi connectivity index (χ0) is 8.93. The minimum Gasteiger partial charge on any atom is -0.355 e. The molecule has 0 aliphatic rings. The first-order valence-electron chi connectivity index (χ1n) is 4.19. The molecule has 0 aliphatic heterocycles. The smallest absolute Gasteiger partial charge is 0.200 e. The van der Waals surface area contributed by atoms with Crippen LogP contribution in [0.25, 0.3) is 0 Å². The summed E-state index contributed by atoms with van der Waals surface area (Å²) in [6.45, 7) is 0.921. The first kappa shape index (κ1) is 8.31. The number of aromatic amines is 1. The van der Waals surface area contributed by atoms with Gasteiger partial charge in [0.15, 0.2) is 5.95 Å². The van der Waals surface area contributed by atoms with E-state index in [-0.39, 0.29) is 0 Å². The van der Waals surface area contributed by atoms with E-state index in [0.717, 1.165) is 18.9 Å². The molecule has 0 spiro atoms. The Morgan fingerprint density at radius 3 is 3.23 bits per heavy atom. The number of nitrogens with one attached hydrogen (secondary N) is 2. The molecule has 0 saturated heterocycles. The topological polar surface area (TPSA) is 40.7 Å². The van der Waals surface area contributed by atoms with E-state index in [0.29, 0.717) is 0 Å². The van der Waals surface area contributed by atoms with Crippen molar-refractivity contribution in [2.75, 3.05) is 11.9 Å². The third-order valence-electron chi connectivity index (χ3n) is 1.78. The molecule has 0 saturated carbocycles. The fourth-order valence-electron chi connectivity index (χ4n) is 1.12. The van der Waals surface area contributed by atoms with Crippen LogP contribution in [0.3, 0.4) is 0 Å². The van der Waals surface area contributed by atoms with E-state index in [1.165, 1.54) is 5.56 Å². The van der Waals surface area contributed by atoms with E-state index in [1.807, 2.05) is 6.20 Å². The molecule has 0 aliphatic carbocycles. The Balaban J connectivity index is 1.76. The molecule has 2 heterocycles. The summed E-state index contributed by atoms with van der Waals surface area (Å²) in [5.41, 5.74) is 1.38. The van der Waals surface area contributed by atoms with Crippen molar-refractivity contribution in [2.24, 2.45) is 0 Å². The van der Waals surface area contributed by atoms with Crippen molar-refractivity contribution in [2.45, 2.75) is 6.42 Å². The minimum absolute atomic E-state index is 0.843. The molecule has 0 fully saturated rings. The Kier molecular flexibility index (Phi) is 2.62. The first-order chi connectivity index (χ1) is 6.45. The van der Waals surface area contributed by atoms with Gasteiger partial charge in [-0.3, -0.25) is 0 Å². The Morgan fingerprint density at radius 2 is 2.54 bits per heavy atom. The highest BCUT2D eigenvalue weighted by molar-refractivity contribution is 7.07. The van der Waals surface area contributed by atoms with Gasteiger partial charge >= 0.3 is 0 Å². The van der Waals surface area contributed by atoms with Gasteiger partial charge in [-0.2, -0.15) is 11.3 Å². The lowest BCUT2D eigenvalue weighted by Crippen LogP contribution is -2.05. The molecule has 2 N–H and O–H groups in total. The van der Waals surface area contributed by atoms with Crippen LogP contribution in [-0.2, 0) is 6.42 Å². The number of nitrogens with zero attached hydrogens (tertiary/aromatic N) is 1. The highest BCUT2D eigenvalue weighted by Crippen LogP contribution is 2.06. The summed E-state index contributed by atoms with van der Waals surface area (Å²) >= 11 is 1.74. The first-order valence-corrected chi connectivity index (χ1v) is 5.14. The second kappa shape index (κ2) is 4.09. The quantitative estimate of drug-likeness (QED) is 0.781. The summed E-state index contributed by atoms with van der Waals surface area (Å²) < 4.78 is 0. The molecule has 68 valence electrons. The van der Waals surface area contributed by atoms with Gasteiger partial charge < -0.3 is 10.3 Å². The maximum absolute atomic E-state index is 4.07. The highest BCUT2D eigenvalue weighted by Gasteiger charge is 1.94. The second-order valence-corrected chi connectivity index (χ2v) is 3.53. The van der Waals surface area contributed by atoms with E-state index in [9.17, 15) is 0 Å². The van der Waals surface area contributed by atoms with Crippen LogP contribution in [-0.4, -0.2) is 16.5 Å². The highest BCUT2D eigenvalue weighted by atomic mass is 32.1. The fraction of sp³-hybridized carbons (Fsp3) is 0.222. The summed E-state index contributed by atoms with van der Waals surface area (Å²) in [7, 11) is 0. The third-order valence-corrected chi connectivity index (χ3v) is 2.52. The van der Waals surface area contributed by atoms with Crippen LogP contribution in [0.15, 0.2) is 29.2 Å². The van der Waals surface area contributed by atoms with Crippen molar-refractivity contribution in [1.29, 1.82) is 0 Å². The molecule has 0 amide bonds. The van der Waals surface area contributed by atoms with Gasteiger partial charge in [-0.05, 0) is 28.8 Å². The molecule has 4 heteroatoms. The molecule has 0 bridgehead atoms. The molecule has 0 unspecified atom stereocenters. The molecular formula is C9H11N3S. The maximum Gasteiger partial charge on any atom is 0.200 e. The number of thiophene rings is 1. The summed E-state index contributed by atoms with van der Waals surface area (Å²) in [5.74, 6) is 0.843. The number of H-pyrrole nitrogens is 1. The van der Waals surface area contributed by atoms with Gasteiger partial charge in [0, 0.05) is 18.9 Å². The van der Waals surface area contributed by atoms with Gasteiger partial charge in [-0.25, -0.2) is 4.98 Å². The predicted octanol–water partition coefficient (Wildman–Crippen LogP) is 2.13. The zero-order valence-corrected chi connectivity index (χ0v) is 7.97. The normalized spacial score (nSPS) is 10.2. The van der Waals surface area contributed by atoms with E-state index in [4.69, 9.17) is 0 Å². The maximum atomic E-state index is 4.07. The Bertz CT molecular complexity index is 291. The molecule has 2 aromatic rings. The number of aromatic nitrogens is 2. The van der Waals surface area contributed by atoms with Crippen LogP contribution in [0, 0.1) is 0 Å². The summed E-state index contributed by atoms with van der Waals surface area (Å²) in [6, 6.07) is 2.15. The van der Waals surface area contributed by atoms with Crippen molar-refractivity contribution in [3.63, 3.8) is 0 Å². The van der Waals surface area contributed by atoms with Crippen LogP contribution in [0.1, 0.15) is 5.56 Å². The second-order valence-electron chi connectivity index (χ2n) is 2.75. The number of rotatable bonds is 4. The summed E-state index contributed by atoms with van der Waals surface area (Å²) in [5, 5.41) is 7.47. The van der Waals surface area contributed by atoms with Crippen LogP contribution in [0.4, 0.5) is 5.95 Å². The number of anilines is 1. The average molecular weight is 193 g/mol. The molecule has 13 heavy (non-hydrogen) atoms. The Labute approximate surface area is 80.8 Å². The van der Waals surface area contributed by atoms with Crippen LogP contribution in [0.5, 0.6) is 0 Å². The lowest BCUT2D eigenvalue weighted by Gasteiger charge is -2.00. The van der Waals surface area contributed by atoms with E-state index >= 15 is 0 Å². The van der Waals surface area contributed by atoms with Crippen LogP contribution < -0.4 is 5.32 Å². The van der Waals surface area contributed by atoms with Gasteiger partial charge in [-0.15, -0.1) is 0 Å². The van der Waals surface area contributed by atoms with Gasteiger partial charge in [0.2, 0.25) is 0 Å². The van der Waals surface area contributed by atoms with Crippen molar-refractivity contribution < 1.29 is 0 Å². The molecule has 0 atom stereocenters. The number of hydrogen-bond acceptors (Lipinski definition) is 3. The standard InChI is InChI=1S/C9H11N3S/c1(8-2-6-13-7-8)3-10-9-11-4-5-12-9/h2,4-7H,1,3H2,(H2,10,11,12). The molecule has 3 nitrogen and oxygen atoms in total. The minimum atomic E-state index is 0.843. The molecule has 0 aromatic carbocycles. The predicted molar refractivity (Wildman–Crippen MR) is 55.1 cm³/mol. The zero-order valence-electron chi connectivity index (χ0n) is 7.16. The Hall–Kier alpha value is -1.29. The number of hydrogen-bond donors (Lipinski definition) is 2.